The summed E-state index contributed by atoms with van der Waals surface area (Å²) in [4.78, 5) is 7.18. The minimum Gasteiger partial charge on any atom is -0.253 e. The third-order valence-corrected chi connectivity index (χ3v) is 2.99. The molecule has 0 aromatic carbocycles. The molecule has 2 N–H and O–H groups in total. The van der Waals surface area contributed by atoms with E-state index in [0.29, 0.717) is 0 Å². The molecule has 0 aliphatic heterocycles. The van der Waals surface area contributed by atoms with Crippen LogP contribution in [0, 0.1) is 0 Å². The van der Waals surface area contributed by atoms with Gasteiger partial charge in [-0.05, 0) is 0 Å². The van der Waals surface area contributed by atoms with E-state index in [-0.39, 0.29) is 16.0 Å². The van der Waals surface area contributed by atoms with Gasteiger partial charge in [0.25, 0.3) is 10.2 Å². The van der Waals surface area contributed by atoms with E-state index < -0.39 is 10.2 Å². The van der Waals surface area contributed by atoms with Crippen LogP contribution in [0.25, 0.3) is 0 Å². The van der Waals surface area contributed by atoms with E-state index >= 15 is 0 Å². The average Bonchev–Trinajstić information content (AvgIpc) is 2.13. The largest absolute Gasteiger partial charge is 0.300 e. The Hall–Kier alpha value is -0.630. The smallest absolute Gasteiger partial charge is 0.253 e. The number of anilines is 1. The fourth-order valence-corrected chi connectivity index (χ4v) is 1.44. The van der Waals surface area contributed by atoms with Crippen LogP contribution in [0.3, 0.4) is 0 Å². The van der Waals surface area contributed by atoms with E-state index in [1.165, 1.54) is 7.05 Å². The van der Waals surface area contributed by atoms with Crippen LogP contribution < -0.4 is 9.44 Å². The SMILES string of the molecule is CNS(=O)(=O)Nc1ncnc(Cl)c1Cl. The van der Waals surface area contributed by atoms with Crippen LogP contribution in [0.5, 0.6) is 0 Å². The van der Waals surface area contributed by atoms with E-state index in [0.717, 1.165) is 6.33 Å². The highest BCUT2D eigenvalue weighted by atomic mass is 35.5. The number of rotatable bonds is 3. The van der Waals surface area contributed by atoms with Gasteiger partial charge in [-0.15, -0.1) is 0 Å². The van der Waals surface area contributed by atoms with Crippen molar-refractivity contribution in [1.82, 2.24) is 14.7 Å². The van der Waals surface area contributed by atoms with Crippen LogP contribution in [-0.2, 0) is 10.2 Å². The molecule has 0 aliphatic rings. The lowest BCUT2D eigenvalue weighted by Gasteiger charge is -2.06. The molecule has 14 heavy (non-hydrogen) atoms. The summed E-state index contributed by atoms with van der Waals surface area (Å²) >= 11 is 11.2. The van der Waals surface area contributed by atoms with Crippen LogP contribution in [0.2, 0.25) is 10.2 Å². The van der Waals surface area contributed by atoms with Gasteiger partial charge in [0.05, 0.1) is 0 Å². The molecule has 0 bridgehead atoms. The molecule has 0 aliphatic carbocycles. The van der Waals surface area contributed by atoms with Crippen LogP contribution in [0.4, 0.5) is 5.82 Å². The highest BCUT2D eigenvalue weighted by Gasteiger charge is 2.12. The highest BCUT2D eigenvalue weighted by molar-refractivity contribution is 7.90. The monoisotopic (exact) mass is 256 g/mol. The number of nitrogens with one attached hydrogen (secondary N) is 2. The number of halogens is 2. The summed E-state index contributed by atoms with van der Waals surface area (Å²) in [6.45, 7) is 0. The Morgan fingerprint density at radius 1 is 1.36 bits per heavy atom. The predicted octanol–water partition coefficient (Wildman–Crippen LogP) is 0.659. The number of hydrogen-bond donors (Lipinski definition) is 2. The van der Waals surface area contributed by atoms with Crippen molar-refractivity contribution in [2.24, 2.45) is 0 Å². The minimum atomic E-state index is -3.65. The van der Waals surface area contributed by atoms with Gasteiger partial charge in [0.2, 0.25) is 0 Å². The van der Waals surface area contributed by atoms with Crippen LogP contribution >= 0.6 is 23.2 Å². The van der Waals surface area contributed by atoms with Crippen LogP contribution in [0.1, 0.15) is 0 Å². The van der Waals surface area contributed by atoms with Gasteiger partial charge in [-0.1, -0.05) is 23.2 Å². The lowest BCUT2D eigenvalue weighted by molar-refractivity contribution is 0.593. The Kier molecular flexibility index (Phi) is 3.48. The highest BCUT2D eigenvalue weighted by Crippen LogP contribution is 2.25. The summed E-state index contributed by atoms with van der Waals surface area (Å²) in [5, 5.41) is -0.0662. The summed E-state index contributed by atoms with van der Waals surface area (Å²) in [6.07, 6.45) is 1.10. The Morgan fingerprint density at radius 2 is 2.00 bits per heavy atom. The summed E-state index contributed by atoms with van der Waals surface area (Å²) in [7, 11) is -2.40. The molecule has 1 heterocycles. The van der Waals surface area contributed by atoms with Crippen LogP contribution in [-0.4, -0.2) is 25.4 Å². The Morgan fingerprint density at radius 3 is 2.57 bits per heavy atom. The molecule has 0 amide bonds. The quantitative estimate of drug-likeness (QED) is 0.779. The Labute approximate surface area is 90.8 Å². The zero-order chi connectivity index (χ0) is 10.8. The van der Waals surface area contributed by atoms with Gasteiger partial charge in [-0.3, -0.25) is 4.72 Å². The van der Waals surface area contributed by atoms with E-state index in [1.54, 1.807) is 0 Å². The molecule has 0 unspecified atom stereocenters. The first-order valence-electron chi connectivity index (χ1n) is 3.33. The van der Waals surface area contributed by atoms with Gasteiger partial charge in [0, 0.05) is 7.05 Å². The van der Waals surface area contributed by atoms with Crippen LogP contribution in [0.15, 0.2) is 6.33 Å². The number of aromatic nitrogens is 2. The van der Waals surface area contributed by atoms with Crippen molar-refractivity contribution in [2.45, 2.75) is 0 Å². The van der Waals surface area contributed by atoms with E-state index in [1.807, 2.05) is 4.72 Å². The van der Waals surface area contributed by atoms with E-state index in [2.05, 4.69) is 14.7 Å². The van der Waals surface area contributed by atoms with Gasteiger partial charge < -0.3 is 0 Å². The Balaban J connectivity index is 3.05. The van der Waals surface area contributed by atoms with Crippen molar-refractivity contribution in [2.75, 3.05) is 11.8 Å². The molecular weight excluding hydrogens is 251 g/mol. The minimum absolute atomic E-state index is 0.0181. The van der Waals surface area contributed by atoms with Crippen molar-refractivity contribution in [3.8, 4) is 0 Å². The van der Waals surface area contributed by atoms with Gasteiger partial charge in [-0.25, -0.2) is 14.7 Å². The number of hydrogen-bond acceptors (Lipinski definition) is 4. The summed E-state index contributed by atoms with van der Waals surface area (Å²) in [5.41, 5.74) is 0. The molecule has 0 spiro atoms. The maximum Gasteiger partial charge on any atom is 0.300 e. The van der Waals surface area contributed by atoms with E-state index in [4.69, 9.17) is 23.2 Å². The summed E-state index contributed by atoms with van der Waals surface area (Å²) in [6, 6.07) is 0. The first kappa shape index (κ1) is 11.4. The zero-order valence-electron chi connectivity index (χ0n) is 6.95. The third kappa shape index (κ3) is 2.68. The molecule has 0 saturated heterocycles. The first-order valence-corrected chi connectivity index (χ1v) is 5.57. The molecule has 1 rings (SSSR count). The zero-order valence-corrected chi connectivity index (χ0v) is 9.28. The topological polar surface area (TPSA) is 84.0 Å². The first-order chi connectivity index (χ1) is 6.46. The Bertz CT molecular complexity index is 435. The second kappa shape index (κ2) is 4.26. The molecule has 9 heteroatoms. The average molecular weight is 257 g/mol. The van der Waals surface area contributed by atoms with E-state index in [9.17, 15) is 8.42 Å². The molecule has 0 fully saturated rings. The van der Waals surface area contributed by atoms with Crippen molar-refractivity contribution in [3.05, 3.63) is 16.5 Å². The summed E-state index contributed by atoms with van der Waals surface area (Å²) in [5.74, 6) is -0.0685. The van der Waals surface area contributed by atoms with Gasteiger partial charge in [-0.2, -0.15) is 8.42 Å². The van der Waals surface area contributed by atoms with Crippen molar-refractivity contribution in [1.29, 1.82) is 0 Å². The molecule has 1 aromatic heterocycles. The molecule has 0 radical (unpaired) electrons. The normalized spacial score (nSPS) is 11.4. The van der Waals surface area contributed by atoms with Gasteiger partial charge in [0.15, 0.2) is 11.0 Å². The van der Waals surface area contributed by atoms with Crippen molar-refractivity contribution >= 4 is 39.2 Å². The standard InChI is InChI=1S/C5H6Cl2N4O2S/c1-8-14(12,13)11-5-3(6)4(7)9-2-10-5/h2,8H,1H3,(H,9,10,11). The second-order valence-electron chi connectivity index (χ2n) is 2.14. The number of nitrogens with zero attached hydrogens (tertiary/aromatic N) is 2. The molecule has 0 saturated carbocycles. The van der Waals surface area contributed by atoms with Crippen molar-refractivity contribution < 1.29 is 8.42 Å². The lowest BCUT2D eigenvalue weighted by Crippen LogP contribution is -2.27. The van der Waals surface area contributed by atoms with Crippen molar-refractivity contribution in [3.63, 3.8) is 0 Å². The lowest BCUT2D eigenvalue weighted by atomic mass is 10.6. The molecule has 1 aromatic rings. The maximum atomic E-state index is 11.0. The van der Waals surface area contributed by atoms with Gasteiger partial charge >= 0.3 is 0 Å². The fraction of sp³-hybridized carbons (Fsp3) is 0.200. The second-order valence-corrected chi connectivity index (χ2v) is 4.49. The molecule has 78 valence electrons. The summed E-state index contributed by atoms with van der Waals surface area (Å²) < 4.78 is 26.2. The third-order valence-electron chi connectivity index (χ3n) is 1.25. The maximum absolute atomic E-state index is 11.0. The molecule has 0 atom stereocenters. The molecular formula is C5H6Cl2N4O2S. The predicted molar refractivity (Wildman–Crippen MR) is 53.7 cm³/mol. The molecule has 6 nitrogen and oxygen atoms in total. The fourth-order valence-electron chi connectivity index (χ4n) is 0.598. The van der Waals surface area contributed by atoms with Gasteiger partial charge in [0.1, 0.15) is 11.3 Å².